The first-order chi connectivity index (χ1) is 7.24. The van der Waals surface area contributed by atoms with Crippen LogP contribution in [0.2, 0.25) is 0 Å². The Kier molecular flexibility index (Phi) is 3.15. The maximum atomic E-state index is 11.6. The van der Waals surface area contributed by atoms with Crippen molar-refractivity contribution in [2.45, 2.75) is 19.0 Å². The van der Waals surface area contributed by atoms with Crippen LogP contribution in [0, 0.1) is 0 Å². The van der Waals surface area contributed by atoms with Crippen molar-refractivity contribution in [3.05, 3.63) is 12.3 Å². The van der Waals surface area contributed by atoms with Crippen molar-refractivity contribution in [2.24, 2.45) is 0 Å². The second-order valence-electron chi connectivity index (χ2n) is 3.57. The lowest BCUT2D eigenvalue weighted by molar-refractivity contribution is -0.122. The summed E-state index contributed by atoms with van der Waals surface area (Å²) in [7, 11) is 0. The van der Waals surface area contributed by atoms with Gasteiger partial charge in [0.05, 0.1) is 0 Å². The van der Waals surface area contributed by atoms with Crippen molar-refractivity contribution in [2.75, 3.05) is 17.2 Å². The first kappa shape index (κ1) is 10.4. The van der Waals surface area contributed by atoms with Gasteiger partial charge in [0.15, 0.2) is 0 Å². The van der Waals surface area contributed by atoms with Gasteiger partial charge >= 0.3 is 0 Å². The molecule has 82 valence electrons. The van der Waals surface area contributed by atoms with Gasteiger partial charge in [-0.05, 0) is 18.2 Å². The van der Waals surface area contributed by atoms with Crippen LogP contribution in [0.3, 0.4) is 0 Å². The summed E-state index contributed by atoms with van der Waals surface area (Å²) in [6.45, 7) is 0.248. The first-order valence-electron chi connectivity index (χ1n) is 4.90. The molecule has 1 fully saturated rings. The topological polar surface area (TPSA) is 72.9 Å². The minimum Gasteiger partial charge on any atom is -0.382 e. The molecular weight excluding hydrogens is 212 g/mol. The SMILES string of the molecule is Nc1ccn(CC(=O)NC2CCSC2)n1. The summed E-state index contributed by atoms with van der Waals surface area (Å²) >= 11 is 1.88. The van der Waals surface area contributed by atoms with Gasteiger partial charge in [0, 0.05) is 18.0 Å². The standard InChI is InChI=1S/C9H14N4OS/c10-8-1-3-13(12-8)5-9(14)11-7-2-4-15-6-7/h1,3,7H,2,4-6H2,(H2,10,12)(H,11,14). The molecule has 1 aliphatic rings. The number of aromatic nitrogens is 2. The van der Waals surface area contributed by atoms with Crippen LogP contribution in [0.25, 0.3) is 0 Å². The number of rotatable bonds is 3. The number of hydrogen-bond acceptors (Lipinski definition) is 4. The van der Waals surface area contributed by atoms with Gasteiger partial charge in [-0.3, -0.25) is 9.48 Å². The lowest BCUT2D eigenvalue weighted by atomic mass is 10.2. The molecule has 1 aliphatic heterocycles. The monoisotopic (exact) mass is 226 g/mol. The number of hydrogen-bond donors (Lipinski definition) is 2. The van der Waals surface area contributed by atoms with Crippen molar-refractivity contribution >= 4 is 23.5 Å². The molecule has 5 nitrogen and oxygen atoms in total. The Balaban J connectivity index is 1.81. The Morgan fingerprint density at radius 3 is 3.27 bits per heavy atom. The summed E-state index contributed by atoms with van der Waals surface area (Å²) in [5.74, 6) is 2.61. The van der Waals surface area contributed by atoms with Gasteiger partial charge in [0.1, 0.15) is 12.4 Å². The average Bonchev–Trinajstić information content (AvgIpc) is 2.77. The van der Waals surface area contributed by atoms with E-state index in [1.165, 1.54) is 0 Å². The molecule has 1 unspecified atom stereocenters. The number of carbonyl (C=O) groups excluding carboxylic acids is 1. The molecule has 1 saturated heterocycles. The average molecular weight is 226 g/mol. The highest BCUT2D eigenvalue weighted by Crippen LogP contribution is 2.16. The second kappa shape index (κ2) is 4.57. The number of thioether (sulfide) groups is 1. The van der Waals surface area contributed by atoms with E-state index < -0.39 is 0 Å². The van der Waals surface area contributed by atoms with Gasteiger partial charge in [0.2, 0.25) is 5.91 Å². The van der Waals surface area contributed by atoms with Crippen LogP contribution >= 0.6 is 11.8 Å². The van der Waals surface area contributed by atoms with Crippen molar-refractivity contribution in [1.82, 2.24) is 15.1 Å². The van der Waals surface area contributed by atoms with Gasteiger partial charge in [-0.15, -0.1) is 0 Å². The molecule has 1 atom stereocenters. The molecule has 3 N–H and O–H groups in total. The summed E-state index contributed by atoms with van der Waals surface area (Å²) in [4.78, 5) is 11.6. The third-order valence-corrected chi connectivity index (χ3v) is 3.42. The van der Waals surface area contributed by atoms with Crippen LogP contribution in [0.5, 0.6) is 0 Å². The molecule has 15 heavy (non-hydrogen) atoms. The molecular formula is C9H14N4OS. The third-order valence-electron chi connectivity index (χ3n) is 2.26. The summed E-state index contributed by atoms with van der Waals surface area (Å²) in [5, 5.41) is 6.93. The van der Waals surface area contributed by atoms with Crippen LogP contribution in [-0.2, 0) is 11.3 Å². The lowest BCUT2D eigenvalue weighted by Crippen LogP contribution is -2.36. The number of nitrogens with two attached hydrogens (primary N) is 1. The largest absolute Gasteiger partial charge is 0.382 e. The number of nitrogens with one attached hydrogen (secondary N) is 1. The van der Waals surface area contributed by atoms with Crippen LogP contribution < -0.4 is 11.1 Å². The molecule has 0 aromatic carbocycles. The van der Waals surface area contributed by atoms with E-state index in [-0.39, 0.29) is 12.5 Å². The van der Waals surface area contributed by atoms with Gasteiger partial charge in [-0.25, -0.2) is 0 Å². The molecule has 0 bridgehead atoms. The van der Waals surface area contributed by atoms with Crippen LogP contribution in [0.1, 0.15) is 6.42 Å². The number of nitrogen functional groups attached to an aromatic ring is 1. The fourth-order valence-electron chi connectivity index (χ4n) is 1.53. The second-order valence-corrected chi connectivity index (χ2v) is 4.72. The predicted octanol–water partition coefficient (Wildman–Crippen LogP) is 0.0870. The van der Waals surface area contributed by atoms with Crippen molar-refractivity contribution < 1.29 is 4.79 Å². The van der Waals surface area contributed by atoms with E-state index in [2.05, 4.69) is 10.4 Å². The summed E-state index contributed by atoms with van der Waals surface area (Å²) in [6.07, 6.45) is 2.77. The van der Waals surface area contributed by atoms with Crippen LogP contribution in [0.4, 0.5) is 5.82 Å². The minimum atomic E-state index is 0.00519. The van der Waals surface area contributed by atoms with Gasteiger partial charge in [0.25, 0.3) is 0 Å². The molecule has 6 heteroatoms. The minimum absolute atomic E-state index is 0.00519. The highest BCUT2D eigenvalue weighted by atomic mass is 32.2. The van der Waals surface area contributed by atoms with E-state index in [1.54, 1.807) is 16.9 Å². The van der Waals surface area contributed by atoms with E-state index in [0.717, 1.165) is 17.9 Å². The zero-order valence-electron chi connectivity index (χ0n) is 8.35. The van der Waals surface area contributed by atoms with E-state index in [4.69, 9.17) is 5.73 Å². The predicted molar refractivity (Wildman–Crippen MR) is 60.5 cm³/mol. The molecule has 1 aromatic rings. The zero-order valence-corrected chi connectivity index (χ0v) is 9.17. The fraction of sp³-hybridized carbons (Fsp3) is 0.556. The van der Waals surface area contributed by atoms with Gasteiger partial charge in [-0.2, -0.15) is 16.9 Å². The Morgan fingerprint density at radius 1 is 1.80 bits per heavy atom. The third kappa shape index (κ3) is 2.89. The highest BCUT2D eigenvalue weighted by molar-refractivity contribution is 7.99. The summed E-state index contributed by atoms with van der Waals surface area (Å²) < 4.78 is 1.55. The number of nitrogens with zero attached hydrogens (tertiary/aromatic N) is 2. The smallest absolute Gasteiger partial charge is 0.241 e. The fourth-order valence-corrected chi connectivity index (χ4v) is 2.69. The van der Waals surface area contributed by atoms with E-state index in [0.29, 0.717) is 11.9 Å². The summed E-state index contributed by atoms with van der Waals surface area (Å²) in [5.41, 5.74) is 5.45. The Morgan fingerprint density at radius 2 is 2.67 bits per heavy atom. The maximum Gasteiger partial charge on any atom is 0.241 e. The van der Waals surface area contributed by atoms with Crippen molar-refractivity contribution in [3.8, 4) is 0 Å². The number of carbonyl (C=O) groups is 1. The van der Waals surface area contributed by atoms with Gasteiger partial charge < -0.3 is 11.1 Å². The zero-order chi connectivity index (χ0) is 10.7. The Labute approximate surface area is 92.4 Å². The quantitative estimate of drug-likeness (QED) is 0.766. The number of anilines is 1. The van der Waals surface area contributed by atoms with Crippen molar-refractivity contribution in [3.63, 3.8) is 0 Å². The highest BCUT2D eigenvalue weighted by Gasteiger charge is 2.17. The molecule has 1 aromatic heterocycles. The number of amides is 1. The first-order valence-corrected chi connectivity index (χ1v) is 6.05. The molecule has 2 rings (SSSR count). The molecule has 0 radical (unpaired) electrons. The maximum absolute atomic E-state index is 11.6. The molecule has 1 amide bonds. The van der Waals surface area contributed by atoms with Crippen LogP contribution in [0.15, 0.2) is 12.3 Å². The van der Waals surface area contributed by atoms with E-state index >= 15 is 0 Å². The van der Waals surface area contributed by atoms with Crippen molar-refractivity contribution in [1.29, 1.82) is 0 Å². The van der Waals surface area contributed by atoms with Crippen LogP contribution in [-0.4, -0.2) is 33.2 Å². The van der Waals surface area contributed by atoms with Gasteiger partial charge in [-0.1, -0.05) is 0 Å². The lowest BCUT2D eigenvalue weighted by Gasteiger charge is -2.10. The summed E-state index contributed by atoms with van der Waals surface area (Å²) in [6, 6.07) is 2.01. The molecule has 2 heterocycles. The molecule has 0 aliphatic carbocycles. The Hall–Kier alpha value is -1.17. The van der Waals surface area contributed by atoms with E-state index in [1.807, 2.05) is 11.8 Å². The van der Waals surface area contributed by atoms with E-state index in [9.17, 15) is 4.79 Å². The Bertz CT molecular complexity index is 346. The molecule has 0 saturated carbocycles. The normalized spacial score (nSPS) is 20.4. The molecule has 0 spiro atoms.